The second-order valence-electron chi connectivity index (χ2n) is 18.5. The summed E-state index contributed by atoms with van der Waals surface area (Å²) in [5, 5.41) is 0. The van der Waals surface area contributed by atoms with Crippen molar-refractivity contribution in [2.45, 2.75) is 84.2 Å². The van der Waals surface area contributed by atoms with Crippen LogP contribution in [0.5, 0.6) is 5.75 Å². The molecule has 1 atom stereocenters. The Kier molecular flexibility index (Phi) is 5.54. The Morgan fingerprint density at radius 3 is 1.97 bits per heavy atom. The first-order valence-electron chi connectivity index (χ1n) is 24.8. The van der Waals surface area contributed by atoms with Crippen LogP contribution in [0.1, 0.15) is 96.7 Å². The van der Waals surface area contributed by atoms with Crippen LogP contribution in [-0.2, 0) is 22.1 Å². The van der Waals surface area contributed by atoms with Crippen molar-refractivity contribution in [3.63, 3.8) is 0 Å². The maximum Gasteiger partial charge on any atom is 0.499 e. The zero-order valence-electron chi connectivity index (χ0n) is 43.1. The predicted octanol–water partition coefficient (Wildman–Crippen LogP) is 12.7. The molecule has 5 heterocycles. The second-order valence-corrected chi connectivity index (χ2v) is 18.5. The Bertz CT molecular complexity index is 3370. The van der Waals surface area contributed by atoms with Crippen LogP contribution >= 0.6 is 0 Å². The fourth-order valence-electron chi connectivity index (χ4n) is 9.54. The molecule has 290 valence electrons. The molecule has 0 N–H and O–H groups in total. The summed E-state index contributed by atoms with van der Waals surface area (Å²) in [5.41, 5.74) is 11.3. The number of imidazole rings is 1. The number of hydrogen-bond donors (Lipinski definition) is 0. The van der Waals surface area contributed by atoms with E-state index in [2.05, 4.69) is 146 Å². The first-order chi connectivity index (χ1) is 31.9. The fourth-order valence-corrected chi connectivity index (χ4v) is 9.54. The molecule has 1 spiro atoms. The van der Waals surface area contributed by atoms with E-state index >= 15 is 0 Å². The molecule has 0 radical (unpaired) electrons. The highest BCUT2D eigenvalue weighted by Gasteiger charge is 2.68. The Balaban J connectivity index is 1.20. The molecular formula is C55H51N3O+2. The van der Waals surface area contributed by atoms with Gasteiger partial charge in [-0.15, -0.1) is 9.13 Å². The maximum absolute atomic E-state index is 8.29. The van der Waals surface area contributed by atoms with Gasteiger partial charge >= 0.3 is 11.7 Å². The highest BCUT2D eigenvalue weighted by Crippen LogP contribution is 2.54. The lowest BCUT2D eigenvalue weighted by molar-refractivity contribution is -0.997. The zero-order valence-corrected chi connectivity index (χ0v) is 34.1. The van der Waals surface area contributed by atoms with Crippen LogP contribution in [0.3, 0.4) is 0 Å². The van der Waals surface area contributed by atoms with Crippen molar-refractivity contribution in [3.8, 4) is 67.5 Å². The molecule has 1 unspecified atom stereocenters. The molecule has 59 heavy (non-hydrogen) atoms. The number of aromatic nitrogens is 3. The lowest BCUT2D eigenvalue weighted by Crippen LogP contribution is -2.78. The van der Waals surface area contributed by atoms with E-state index in [1.54, 1.807) is 12.1 Å². The highest BCUT2D eigenvalue weighted by molar-refractivity contribution is 5.98. The first-order valence-corrected chi connectivity index (χ1v) is 20.3. The van der Waals surface area contributed by atoms with Crippen LogP contribution in [0, 0.1) is 0 Å². The zero-order chi connectivity index (χ0) is 48.3. The summed E-state index contributed by atoms with van der Waals surface area (Å²) in [6, 6.07) is 46.9. The second kappa shape index (κ2) is 11.9. The first kappa shape index (κ1) is 27.4. The van der Waals surface area contributed by atoms with Gasteiger partial charge in [-0.25, -0.2) is 0 Å². The molecule has 2 aromatic heterocycles. The summed E-state index contributed by atoms with van der Waals surface area (Å²) in [7, 11) is 0. The molecule has 0 saturated carbocycles. The van der Waals surface area contributed by atoms with Gasteiger partial charge in [0.25, 0.3) is 0 Å². The summed E-state index contributed by atoms with van der Waals surface area (Å²) in [6.45, 7) is 3.32. The number of ether oxygens (including phenoxy) is 1. The summed E-state index contributed by atoms with van der Waals surface area (Å²) in [4.78, 5) is 0. The largest absolute Gasteiger partial charge is 0.499 e. The van der Waals surface area contributed by atoms with Gasteiger partial charge in [-0.2, -0.15) is 4.57 Å². The van der Waals surface area contributed by atoms with Crippen molar-refractivity contribution >= 4 is 11.0 Å². The van der Waals surface area contributed by atoms with E-state index in [1.807, 2.05) is 30.5 Å². The topological polar surface area (TPSA) is 21.9 Å². The SMILES string of the molecule is [2H]C([2H])([2H])C(c1ccc(-c2cc[n+]3c(c2)-c2cc(C(C)(C)C)cc4c2C32Oc3ccccc3-c3n(-c5cc(-c6ccccc6)cc(C(C)(C)C)c5)c5cccc-4c5[n+]32)cc1)(C([2H])([2H])[2H])C([2H])([2H])[2H]. The molecule has 11 rings (SSSR count). The van der Waals surface area contributed by atoms with Crippen molar-refractivity contribution < 1.29 is 26.2 Å². The number of benzene rings is 6. The van der Waals surface area contributed by atoms with E-state index in [0.29, 0.717) is 5.56 Å². The molecule has 0 bridgehead atoms. The normalized spacial score (nSPS) is 19.0. The summed E-state index contributed by atoms with van der Waals surface area (Å²) < 4.78 is 89.2. The van der Waals surface area contributed by atoms with Gasteiger partial charge in [0, 0.05) is 35.6 Å². The van der Waals surface area contributed by atoms with E-state index < -0.39 is 31.8 Å². The Morgan fingerprint density at radius 1 is 0.542 bits per heavy atom. The average molecular weight is 779 g/mol. The third-order valence-electron chi connectivity index (χ3n) is 12.6. The van der Waals surface area contributed by atoms with Crippen molar-refractivity contribution in [1.82, 2.24) is 4.57 Å². The van der Waals surface area contributed by atoms with Gasteiger partial charge in [-0.1, -0.05) is 141 Å². The predicted molar refractivity (Wildman–Crippen MR) is 240 cm³/mol. The third kappa shape index (κ3) is 5.08. The number of nitrogens with zero attached hydrogens (tertiary/aromatic N) is 3. The Labute approximate surface area is 360 Å². The van der Waals surface area contributed by atoms with Gasteiger partial charge in [0.2, 0.25) is 5.69 Å². The van der Waals surface area contributed by atoms with Gasteiger partial charge < -0.3 is 4.74 Å². The van der Waals surface area contributed by atoms with E-state index in [9.17, 15) is 0 Å². The molecule has 4 nitrogen and oxygen atoms in total. The van der Waals surface area contributed by atoms with E-state index in [0.717, 1.165) is 84.1 Å². The minimum absolute atomic E-state index is 0.159. The lowest BCUT2D eigenvalue weighted by Gasteiger charge is -2.32. The monoisotopic (exact) mass is 778 g/mol. The number of fused-ring (bicyclic) bond motifs is 5. The van der Waals surface area contributed by atoms with E-state index in [1.165, 1.54) is 17.7 Å². The van der Waals surface area contributed by atoms with Crippen molar-refractivity contribution in [2.75, 3.05) is 0 Å². The van der Waals surface area contributed by atoms with Crippen molar-refractivity contribution in [1.29, 1.82) is 0 Å². The molecule has 3 aliphatic rings. The molecule has 8 aromatic rings. The van der Waals surface area contributed by atoms with Gasteiger partial charge in [0.15, 0.2) is 17.2 Å². The van der Waals surface area contributed by atoms with Crippen LogP contribution in [0.4, 0.5) is 0 Å². The molecular weight excluding hydrogens is 719 g/mol. The quantitative estimate of drug-likeness (QED) is 0.164. The number of hydrogen-bond acceptors (Lipinski definition) is 1. The van der Waals surface area contributed by atoms with Gasteiger partial charge in [0.1, 0.15) is 22.6 Å². The van der Waals surface area contributed by atoms with Gasteiger partial charge in [0.05, 0.1) is 5.56 Å². The number of pyridine rings is 1. The average Bonchev–Trinajstić information content (AvgIpc) is 3.76. The maximum atomic E-state index is 8.29. The summed E-state index contributed by atoms with van der Waals surface area (Å²) >= 11 is 0. The van der Waals surface area contributed by atoms with E-state index in [-0.39, 0.29) is 16.4 Å². The van der Waals surface area contributed by atoms with Crippen molar-refractivity contribution in [3.05, 3.63) is 168 Å². The van der Waals surface area contributed by atoms with Crippen LogP contribution < -0.4 is 13.9 Å². The molecule has 0 fully saturated rings. The smallest absolute Gasteiger partial charge is 0.392 e. The lowest BCUT2D eigenvalue weighted by atomic mass is 9.80. The van der Waals surface area contributed by atoms with Gasteiger partial charge in [-0.05, 0) is 104 Å². The molecule has 6 aromatic carbocycles. The summed E-state index contributed by atoms with van der Waals surface area (Å²) in [5.74, 6) is 0.480. The standard InChI is InChI=1S/C55H51N3O/c1-52(2,3)38-24-22-35(23-25-38)36-26-27-56-47(30-36)45-33-40(54(7,8)9)32-44-42-19-15-20-46-50(42)58-51(43-18-13-14-21-48(43)59-55(56,58)49(44)45)57(46)41-29-37(34-16-11-10-12-17-34)28-39(31-41)53(4,5)6/h10-33H,1-9H3/q+2/i1D3,2D3,3D3. The van der Waals surface area contributed by atoms with Gasteiger partial charge in [-0.3, -0.25) is 0 Å². The fraction of sp³-hybridized carbons (Fsp3) is 0.236. The van der Waals surface area contributed by atoms with Crippen LogP contribution in [-0.4, -0.2) is 4.57 Å². The number of rotatable bonds is 3. The molecule has 4 heteroatoms. The molecule has 0 saturated heterocycles. The Morgan fingerprint density at radius 2 is 1.22 bits per heavy atom. The number of para-hydroxylation sites is 2. The van der Waals surface area contributed by atoms with Crippen LogP contribution in [0.2, 0.25) is 0 Å². The third-order valence-corrected chi connectivity index (χ3v) is 12.6. The Hall–Kier alpha value is -6.26. The molecule has 0 aliphatic carbocycles. The molecule has 0 amide bonds. The molecule has 3 aliphatic heterocycles. The highest BCUT2D eigenvalue weighted by atomic mass is 16.5. The summed E-state index contributed by atoms with van der Waals surface area (Å²) in [6.07, 6.45) is 2.03. The van der Waals surface area contributed by atoms with Crippen molar-refractivity contribution in [2.24, 2.45) is 0 Å². The minimum Gasteiger partial charge on any atom is -0.392 e. The van der Waals surface area contributed by atoms with Crippen LogP contribution in [0.25, 0.3) is 72.7 Å². The van der Waals surface area contributed by atoms with Crippen LogP contribution in [0.15, 0.2) is 146 Å². The minimum atomic E-state index is -3.36. The van der Waals surface area contributed by atoms with E-state index in [4.69, 9.17) is 17.1 Å².